The zero-order valence-electron chi connectivity index (χ0n) is 13.1. The minimum absolute atomic E-state index is 0.00257. The molecule has 2 amide bonds. The van der Waals surface area contributed by atoms with Crippen molar-refractivity contribution >= 4 is 23.4 Å². The molecule has 0 aromatic heterocycles. The number of imide groups is 1. The Bertz CT molecular complexity index is 707. The molecule has 1 saturated heterocycles. The Hall–Kier alpha value is -2.30. The first kappa shape index (κ1) is 15.6. The molecule has 1 heterocycles. The molecule has 120 valence electrons. The maximum atomic E-state index is 12.8. The number of amides is 2. The van der Waals surface area contributed by atoms with Crippen LogP contribution in [0.15, 0.2) is 18.2 Å². The second-order valence-electron chi connectivity index (χ2n) is 6.40. The fourth-order valence-corrected chi connectivity index (χ4v) is 3.56. The van der Waals surface area contributed by atoms with Gasteiger partial charge >= 0.3 is 0 Å². The molecule has 3 rings (SSSR count). The van der Waals surface area contributed by atoms with Gasteiger partial charge in [-0.05, 0) is 31.7 Å². The van der Waals surface area contributed by atoms with Gasteiger partial charge in [-0.3, -0.25) is 24.5 Å². The van der Waals surface area contributed by atoms with Crippen LogP contribution in [0.5, 0.6) is 0 Å². The van der Waals surface area contributed by atoms with Gasteiger partial charge in [-0.25, -0.2) is 0 Å². The normalized spacial score (nSPS) is 24.9. The monoisotopic (exact) mass is 313 g/mol. The van der Waals surface area contributed by atoms with Crippen LogP contribution in [0.4, 0.5) is 0 Å². The SMILES string of the molecule is Cc1cccc2c1C(=O)CCC(CC1CCC(=O)NC1=O)C2=O. The maximum absolute atomic E-state index is 12.8. The Labute approximate surface area is 134 Å². The van der Waals surface area contributed by atoms with Gasteiger partial charge in [0.05, 0.1) is 0 Å². The Morgan fingerprint density at radius 2 is 1.78 bits per heavy atom. The Balaban J connectivity index is 1.85. The van der Waals surface area contributed by atoms with E-state index in [9.17, 15) is 19.2 Å². The van der Waals surface area contributed by atoms with E-state index in [0.717, 1.165) is 5.56 Å². The average Bonchev–Trinajstić information content (AvgIpc) is 2.62. The molecule has 1 fully saturated rings. The first-order valence-electron chi connectivity index (χ1n) is 7.98. The highest BCUT2D eigenvalue weighted by Crippen LogP contribution is 2.32. The second kappa shape index (κ2) is 6.07. The van der Waals surface area contributed by atoms with Crippen molar-refractivity contribution in [3.63, 3.8) is 0 Å². The largest absolute Gasteiger partial charge is 0.296 e. The van der Waals surface area contributed by atoms with Gasteiger partial charge in [0.2, 0.25) is 11.8 Å². The molecule has 0 saturated carbocycles. The van der Waals surface area contributed by atoms with Gasteiger partial charge in [0.25, 0.3) is 0 Å². The van der Waals surface area contributed by atoms with E-state index in [-0.39, 0.29) is 35.2 Å². The summed E-state index contributed by atoms with van der Waals surface area (Å²) < 4.78 is 0. The molecule has 5 heteroatoms. The Kier molecular flexibility index (Phi) is 4.11. The van der Waals surface area contributed by atoms with Gasteiger partial charge < -0.3 is 0 Å². The number of fused-ring (bicyclic) bond motifs is 1. The van der Waals surface area contributed by atoms with Gasteiger partial charge in [0.1, 0.15) is 0 Å². The van der Waals surface area contributed by atoms with E-state index in [1.54, 1.807) is 12.1 Å². The molecular formula is C18H19NO4. The average molecular weight is 313 g/mol. The van der Waals surface area contributed by atoms with Crippen LogP contribution in [0.2, 0.25) is 0 Å². The summed E-state index contributed by atoms with van der Waals surface area (Å²) in [5.41, 5.74) is 1.83. The maximum Gasteiger partial charge on any atom is 0.229 e. The van der Waals surface area contributed by atoms with Crippen molar-refractivity contribution in [2.45, 2.75) is 39.0 Å². The number of piperidine rings is 1. The highest BCUT2D eigenvalue weighted by molar-refractivity contribution is 6.12. The number of nitrogens with one attached hydrogen (secondary N) is 1. The number of benzene rings is 1. The van der Waals surface area contributed by atoms with E-state index < -0.39 is 0 Å². The van der Waals surface area contributed by atoms with Crippen molar-refractivity contribution in [2.24, 2.45) is 11.8 Å². The molecule has 1 aromatic carbocycles. The van der Waals surface area contributed by atoms with Crippen molar-refractivity contribution in [3.8, 4) is 0 Å². The molecule has 23 heavy (non-hydrogen) atoms. The first-order chi connectivity index (χ1) is 11.0. The van der Waals surface area contributed by atoms with Gasteiger partial charge in [0, 0.05) is 35.8 Å². The van der Waals surface area contributed by atoms with Crippen molar-refractivity contribution < 1.29 is 19.2 Å². The number of ketones is 2. The summed E-state index contributed by atoms with van der Waals surface area (Å²) in [6, 6.07) is 5.32. The number of aryl methyl sites for hydroxylation is 1. The zero-order valence-corrected chi connectivity index (χ0v) is 13.1. The zero-order chi connectivity index (χ0) is 16.6. The van der Waals surface area contributed by atoms with E-state index in [4.69, 9.17) is 0 Å². The van der Waals surface area contributed by atoms with Gasteiger partial charge in [-0.1, -0.05) is 18.2 Å². The van der Waals surface area contributed by atoms with Crippen LogP contribution >= 0.6 is 0 Å². The number of hydrogen-bond donors (Lipinski definition) is 1. The van der Waals surface area contributed by atoms with Gasteiger partial charge in [0.15, 0.2) is 11.6 Å². The van der Waals surface area contributed by atoms with Crippen molar-refractivity contribution in [3.05, 3.63) is 34.9 Å². The third kappa shape index (κ3) is 2.96. The van der Waals surface area contributed by atoms with Crippen LogP contribution < -0.4 is 5.32 Å². The summed E-state index contributed by atoms with van der Waals surface area (Å²) in [5.74, 6) is -1.28. The minimum Gasteiger partial charge on any atom is -0.296 e. The van der Waals surface area contributed by atoms with E-state index >= 15 is 0 Å². The van der Waals surface area contributed by atoms with E-state index in [2.05, 4.69) is 5.32 Å². The van der Waals surface area contributed by atoms with Crippen LogP contribution in [0.25, 0.3) is 0 Å². The lowest BCUT2D eigenvalue weighted by Crippen LogP contribution is -2.41. The lowest BCUT2D eigenvalue weighted by Gasteiger charge is -2.24. The number of rotatable bonds is 2. The number of carbonyl (C=O) groups is 4. The van der Waals surface area contributed by atoms with Crippen molar-refractivity contribution in [1.82, 2.24) is 5.32 Å². The summed E-state index contributed by atoms with van der Waals surface area (Å²) >= 11 is 0. The second-order valence-corrected chi connectivity index (χ2v) is 6.40. The van der Waals surface area contributed by atoms with Crippen molar-refractivity contribution in [1.29, 1.82) is 0 Å². The summed E-state index contributed by atoms with van der Waals surface area (Å²) in [5, 5.41) is 2.33. The smallest absolute Gasteiger partial charge is 0.229 e. The molecule has 2 unspecified atom stereocenters. The number of carbonyl (C=O) groups excluding carboxylic acids is 4. The number of hydrogen-bond acceptors (Lipinski definition) is 4. The van der Waals surface area contributed by atoms with Crippen LogP contribution in [0.1, 0.15) is 58.4 Å². The third-order valence-electron chi connectivity index (χ3n) is 4.83. The van der Waals surface area contributed by atoms with Gasteiger partial charge in [-0.15, -0.1) is 0 Å². The molecule has 0 bridgehead atoms. The minimum atomic E-state index is -0.342. The van der Waals surface area contributed by atoms with Crippen LogP contribution in [0.3, 0.4) is 0 Å². The quantitative estimate of drug-likeness (QED) is 0.670. The third-order valence-corrected chi connectivity index (χ3v) is 4.83. The summed E-state index contributed by atoms with van der Waals surface area (Å²) in [6.07, 6.45) is 1.97. The van der Waals surface area contributed by atoms with Crippen LogP contribution in [-0.2, 0) is 9.59 Å². The molecule has 0 spiro atoms. The fourth-order valence-electron chi connectivity index (χ4n) is 3.56. The lowest BCUT2D eigenvalue weighted by atomic mass is 9.83. The standard InChI is InChI=1S/C18H19NO4/c1-10-3-2-4-13-16(10)14(20)7-5-11(17(13)22)9-12-6-8-15(21)19-18(12)23/h2-4,11-12H,5-9H2,1H3,(H,19,21,23). The summed E-state index contributed by atoms with van der Waals surface area (Å²) in [7, 11) is 0. The molecule has 2 atom stereocenters. The topological polar surface area (TPSA) is 80.3 Å². The number of Topliss-reactive ketones (excluding diaryl/α,β-unsaturated/α-hetero) is 2. The first-order valence-corrected chi connectivity index (χ1v) is 7.98. The van der Waals surface area contributed by atoms with Crippen LogP contribution in [0, 0.1) is 18.8 Å². The van der Waals surface area contributed by atoms with E-state index in [0.29, 0.717) is 43.2 Å². The Morgan fingerprint density at radius 3 is 2.52 bits per heavy atom. The summed E-state index contributed by atoms with van der Waals surface area (Å²) in [6.45, 7) is 1.84. The lowest BCUT2D eigenvalue weighted by molar-refractivity contribution is -0.136. The molecule has 5 nitrogen and oxygen atoms in total. The molecule has 2 aliphatic rings. The molecule has 1 aromatic rings. The van der Waals surface area contributed by atoms with Crippen molar-refractivity contribution in [2.75, 3.05) is 0 Å². The molecular weight excluding hydrogens is 294 g/mol. The fraction of sp³-hybridized carbons (Fsp3) is 0.444. The molecule has 1 N–H and O–H groups in total. The van der Waals surface area contributed by atoms with E-state index in [1.165, 1.54) is 0 Å². The molecule has 1 aliphatic carbocycles. The van der Waals surface area contributed by atoms with Gasteiger partial charge in [-0.2, -0.15) is 0 Å². The predicted molar refractivity (Wildman–Crippen MR) is 83.1 cm³/mol. The highest BCUT2D eigenvalue weighted by atomic mass is 16.2. The molecule has 1 aliphatic heterocycles. The van der Waals surface area contributed by atoms with Crippen LogP contribution in [-0.4, -0.2) is 23.4 Å². The molecule has 0 radical (unpaired) electrons. The summed E-state index contributed by atoms with van der Waals surface area (Å²) in [4.78, 5) is 48.3. The highest BCUT2D eigenvalue weighted by Gasteiger charge is 2.35. The van der Waals surface area contributed by atoms with E-state index in [1.807, 2.05) is 13.0 Å². The Morgan fingerprint density at radius 1 is 1.04 bits per heavy atom. The predicted octanol–water partition coefficient (Wildman–Crippen LogP) is 2.21.